The van der Waals surface area contributed by atoms with Crippen LogP contribution in [0.3, 0.4) is 0 Å². The second-order valence-corrected chi connectivity index (χ2v) is 6.16. The Labute approximate surface area is 94.5 Å². The highest BCUT2D eigenvalue weighted by Gasteiger charge is 2.25. The molecule has 0 amide bonds. The molecular formula is C15H24. The fraction of sp³-hybridized carbons (Fsp3) is 0.733. The molecule has 0 radical (unpaired) electrons. The third-order valence-electron chi connectivity index (χ3n) is 4.04. The lowest BCUT2D eigenvalue weighted by molar-refractivity contribution is 0.287. The van der Waals surface area contributed by atoms with E-state index >= 15 is 0 Å². The van der Waals surface area contributed by atoms with E-state index in [0.717, 1.165) is 0 Å². The van der Waals surface area contributed by atoms with E-state index in [0.29, 0.717) is 5.41 Å². The second kappa shape index (κ2) is 4.15. The van der Waals surface area contributed by atoms with Gasteiger partial charge in [0.1, 0.15) is 0 Å². The second-order valence-electron chi connectivity index (χ2n) is 6.16. The van der Waals surface area contributed by atoms with Crippen molar-refractivity contribution in [3.05, 3.63) is 22.8 Å². The molecule has 0 unspecified atom stereocenters. The van der Waals surface area contributed by atoms with Crippen LogP contribution in [-0.4, -0.2) is 0 Å². The molecule has 0 heteroatoms. The van der Waals surface area contributed by atoms with Crippen molar-refractivity contribution in [2.24, 2.45) is 5.41 Å². The van der Waals surface area contributed by atoms with Gasteiger partial charge in [0.05, 0.1) is 0 Å². The number of rotatable bonds is 0. The Bertz CT molecular complexity index is 302. The number of hydrogen-bond donors (Lipinski definition) is 0. The normalized spacial score (nSPS) is 31.3. The SMILES string of the molecule is CC1=CC/C(=C2/CCCC(C)(C)C2)CC1. The summed E-state index contributed by atoms with van der Waals surface area (Å²) in [6.45, 7) is 7.12. The molecule has 0 aromatic rings. The number of allylic oxidation sites excluding steroid dienone is 4. The molecule has 84 valence electrons. The topological polar surface area (TPSA) is 0 Å². The molecule has 0 aliphatic heterocycles. The first-order chi connectivity index (χ1) is 7.07. The molecule has 1 fully saturated rings. The Kier molecular flexibility index (Phi) is 3.04. The van der Waals surface area contributed by atoms with Crippen LogP contribution in [0.25, 0.3) is 0 Å². The maximum atomic E-state index is 2.44. The first-order valence-corrected chi connectivity index (χ1v) is 6.42. The third-order valence-corrected chi connectivity index (χ3v) is 4.04. The molecule has 2 rings (SSSR count). The van der Waals surface area contributed by atoms with Crippen LogP contribution in [0.4, 0.5) is 0 Å². The van der Waals surface area contributed by atoms with Gasteiger partial charge >= 0.3 is 0 Å². The van der Waals surface area contributed by atoms with Crippen LogP contribution < -0.4 is 0 Å². The van der Waals surface area contributed by atoms with Gasteiger partial charge in [-0.25, -0.2) is 0 Å². The lowest BCUT2D eigenvalue weighted by Crippen LogP contribution is -2.18. The first-order valence-electron chi connectivity index (χ1n) is 6.42. The Balaban J connectivity index is 2.12. The summed E-state index contributed by atoms with van der Waals surface area (Å²) >= 11 is 0. The number of hydrogen-bond acceptors (Lipinski definition) is 0. The minimum absolute atomic E-state index is 0.566. The molecule has 0 aromatic heterocycles. The largest absolute Gasteiger partial charge is 0.0815 e. The molecule has 0 aromatic carbocycles. The van der Waals surface area contributed by atoms with E-state index < -0.39 is 0 Å². The van der Waals surface area contributed by atoms with E-state index in [-0.39, 0.29) is 0 Å². The van der Waals surface area contributed by atoms with Crippen molar-refractivity contribution in [3.8, 4) is 0 Å². The summed E-state index contributed by atoms with van der Waals surface area (Å²) in [6, 6.07) is 0. The van der Waals surface area contributed by atoms with Crippen molar-refractivity contribution < 1.29 is 0 Å². The van der Waals surface area contributed by atoms with E-state index in [2.05, 4.69) is 26.8 Å². The van der Waals surface area contributed by atoms with Gasteiger partial charge in [-0.15, -0.1) is 0 Å². The smallest absolute Gasteiger partial charge is 0.0133 e. The van der Waals surface area contributed by atoms with Gasteiger partial charge in [0.2, 0.25) is 0 Å². The zero-order valence-electron chi connectivity index (χ0n) is 10.5. The van der Waals surface area contributed by atoms with Gasteiger partial charge in [-0.05, 0) is 57.3 Å². The Morgan fingerprint density at radius 1 is 1.07 bits per heavy atom. The molecule has 15 heavy (non-hydrogen) atoms. The third kappa shape index (κ3) is 2.74. The molecule has 0 N–H and O–H groups in total. The molecule has 0 nitrogen and oxygen atoms in total. The summed E-state index contributed by atoms with van der Waals surface area (Å²) in [6.07, 6.45) is 11.9. The lowest BCUT2D eigenvalue weighted by atomic mass is 9.72. The van der Waals surface area contributed by atoms with E-state index in [1.807, 2.05) is 0 Å². The highest BCUT2D eigenvalue weighted by atomic mass is 14.3. The molecule has 2 aliphatic carbocycles. The van der Waals surface area contributed by atoms with Crippen molar-refractivity contribution >= 4 is 0 Å². The first kappa shape index (κ1) is 11.0. The zero-order chi connectivity index (χ0) is 10.9. The predicted molar refractivity (Wildman–Crippen MR) is 66.9 cm³/mol. The summed E-state index contributed by atoms with van der Waals surface area (Å²) in [5.41, 5.74) is 5.73. The predicted octanol–water partition coefficient (Wildman–Crippen LogP) is 5.01. The highest BCUT2D eigenvalue weighted by molar-refractivity contribution is 5.25. The quantitative estimate of drug-likeness (QED) is 0.486. The summed E-state index contributed by atoms with van der Waals surface area (Å²) in [4.78, 5) is 0. The Morgan fingerprint density at radius 2 is 1.87 bits per heavy atom. The fourth-order valence-corrected chi connectivity index (χ4v) is 3.01. The summed E-state index contributed by atoms with van der Waals surface area (Å²) in [5, 5.41) is 0. The van der Waals surface area contributed by atoms with Gasteiger partial charge < -0.3 is 0 Å². The van der Waals surface area contributed by atoms with Crippen molar-refractivity contribution in [3.63, 3.8) is 0 Å². The standard InChI is InChI=1S/C15H24/c1-12-6-8-13(9-7-12)14-5-4-10-15(2,3)11-14/h6H,4-5,7-11H2,1-3H3/b14-13+. The van der Waals surface area contributed by atoms with Crippen molar-refractivity contribution in [2.75, 3.05) is 0 Å². The van der Waals surface area contributed by atoms with Gasteiger partial charge in [-0.3, -0.25) is 0 Å². The molecule has 2 aliphatic rings. The van der Waals surface area contributed by atoms with Crippen LogP contribution in [0, 0.1) is 5.41 Å². The molecule has 0 spiro atoms. The van der Waals surface area contributed by atoms with Crippen LogP contribution in [0.2, 0.25) is 0 Å². The Morgan fingerprint density at radius 3 is 2.47 bits per heavy atom. The average molecular weight is 204 g/mol. The fourth-order valence-electron chi connectivity index (χ4n) is 3.01. The average Bonchev–Trinajstić information content (AvgIpc) is 2.17. The van der Waals surface area contributed by atoms with Crippen LogP contribution in [0.5, 0.6) is 0 Å². The molecule has 0 atom stereocenters. The van der Waals surface area contributed by atoms with Crippen LogP contribution in [0.15, 0.2) is 22.8 Å². The van der Waals surface area contributed by atoms with Crippen LogP contribution in [0.1, 0.15) is 65.7 Å². The maximum absolute atomic E-state index is 2.44. The van der Waals surface area contributed by atoms with E-state index in [4.69, 9.17) is 0 Å². The lowest BCUT2D eigenvalue weighted by Gasteiger charge is -2.33. The van der Waals surface area contributed by atoms with Gasteiger partial charge in [-0.2, -0.15) is 0 Å². The van der Waals surface area contributed by atoms with Gasteiger partial charge in [-0.1, -0.05) is 36.6 Å². The Hall–Kier alpha value is -0.520. The highest BCUT2D eigenvalue weighted by Crippen LogP contribution is 2.41. The maximum Gasteiger partial charge on any atom is -0.0133 e. The molecular weight excluding hydrogens is 180 g/mol. The van der Waals surface area contributed by atoms with Gasteiger partial charge in [0, 0.05) is 0 Å². The van der Waals surface area contributed by atoms with Crippen LogP contribution >= 0.6 is 0 Å². The summed E-state index contributed by atoms with van der Waals surface area (Å²) in [7, 11) is 0. The minimum atomic E-state index is 0.566. The van der Waals surface area contributed by atoms with Crippen molar-refractivity contribution in [1.29, 1.82) is 0 Å². The van der Waals surface area contributed by atoms with Crippen molar-refractivity contribution in [2.45, 2.75) is 65.7 Å². The molecule has 0 bridgehead atoms. The molecule has 0 heterocycles. The van der Waals surface area contributed by atoms with E-state index in [1.54, 1.807) is 16.7 Å². The molecule has 1 saturated carbocycles. The van der Waals surface area contributed by atoms with Crippen LogP contribution in [-0.2, 0) is 0 Å². The summed E-state index contributed by atoms with van der Waals surface area (Å²) < 4.78 is 0. The minimum Gasteiger partial charge on any atom is -0.0815 e. The molecule has 0 saturated heterocycles. The van der Waals surface area contributed by atoms with E-state index in [1.165, 1.54) is 44.9 Å². The zero-order valence-corrected chi connectivity index (χ0v) is 10.5. The van der Waals surface area contributed by atoms with E-state index in [9.17, 15) is 0 Å². The summed E-state index contributed by atoms with van der Waals surface area (Å²) in [5.74, 6) is 0. The monoisotopic (exact) mass is 204 g/mol. The van der Waals surface area contributed by atoms with Gasteiger partial charge in [0.15, 0.2) is 0 Å². The van der Waals surface area contributed by atoms with Gasteiger partial charge in [0.25, 0.3) is 0 Å². The van der Waals surface area contributed by atoms with Crippen molar-refractivity contribution in [1.82, 2.24) is 0 Å².